The van der Waals surface area contributed by atoms with E-state index in [1.165, 1.54) is 39.6 Å². The first-order chi connectivity index (χ1) is 9.72. The van der Waals surface area contributed by atoms with Crippen LogP contribution < -0.4 is 5.32 Å². The zero-order chi connectivity index (χ0) is 13.9. The molecule has 1 aliphatic rings. The van der Waals surface area contributed by atoms with Crippen LogP contribution in [0.5, 0.6) is 0 Å². The molecule has 0 amide bonds. The van der Waals surface area contributed by atoms with Crippen molar-refractivity contribution in [3.63, 3.8) is 0 Å². The van der Waals surface area contributed by atoms with E-state index in [0.29, 0.717) is 6.04 Å². The summed E-state index contributed by atoms with van der Waals surface area (Å²) in [7, 11) is 0. The SMILES string of the molecule is Cc1cccc(CCNC2CCc3cc(Br)ccc32)c1. The van der Waals surface area contributed by atoms with Crippen LogP contribution in [0.4, 0.5) is 0 Å². The van der Waals surface area contributed by atoms with Crippen molar-refractivity contribution in [1.82, 2.24) is 5.32 Å². The fourth-order valence-electron chi connectivity index (χ4n) is 3.06. The largest absolute Gasteiger partial charge is 0.310 e. The molecule has 0 saturated heterocycles. The van der Waals surface area contributed by atoms with Crippen molar-refractivity contribution in [2.75, 3.05) is 6.54 Å². The third kappa shape index (κ3) is 3.13. The fourth-order valence-corrected chi connectivity index (χ4v) is 3.47. The molecule has 2 aromatic carbocycles. The standard InChI is InChI=1S/C18H20BrN/c1-13-3-2-4-14(11-13)9-10-20-18-8-5-15-12-16(19)6-7-17(15)18/h2-4,6-7,11-12,18,20H,5,8-10H2,1H3. The van der Waals surface area contributed by atoms with E-state index in [9.17, 15) is 0 Å². The van der Waals surface area contributed by atoms with Crippen molar-refractivity contribution >= 4 is 15.9 Å². The second-order valence-electron chi connectivity index (χ2n) is 5.63. The monoisotopic (exact) mass is 329 g/mol. The molecule has 0 saturated carbocycles. The van der Waals surface area contributed by atoms with E-state index in [-0.39, 0.29) is 0 Å². The Morgan fingerprint density at radius 2 is 2.10 bits per heavy atom. The van der Waals surface area contributed by atoms with E-state index < -0.39 is 0 Å². The molecule has 1 unspecified atom stereocenters. The summed E-state index contributed by atoms with van der Waals surface area (Å²) in [5.41, 5.74) is 5.75. The Morgan fingerprint density at radius 3 is 2.95 bits per heavy atom. The smallest absolute Gasteiger partial charge is 0.0326 e. The van der Waals surface area contributed by atoms with Gasteiger partial charge in [-0.15, -0.1) is 0 Å². The third-order valence-electron chi connectivity index (χ3n) is 4.07. The average Bonchev–Trinajstić information content (AvgIpc) is 2.81. The van der Waals surface area contributed by atoms with Gasteiger partial charge in [-0.05, 0) is 61.6 Å². The number of hydrogen-bond acceptors (Lipinski definition) is 1. The van der Waals surface area contributed by atoms with Crippen molar-refractivity contribution in [1.29, 1.82) is 0 Å². The molecule has 104 valence electrons. The minimum atomic E-state index is 0.530. The molecule has 20 heavy (non-hydrogen) atoms. The summed E-state index contributed by atoms with van der Waals surface area (Å²) in [6.07, 6.45) is 3.51. The van der Waals surface area contributed by atoms with Crippen molar-refractivity contribution in [2.24, 2.45) is 0 Å². The molecule has 0 radical (unpaired) electrons. The first-order valence-electron chi connectivity index (χ1n) is 7.29. The lowest BCUT2D eigenvalue weighted by atomic mass is 10.1. The van der Waals surface area contributed by atoms with Gasteiger partial charge in [0.2, 0.25) is 0 Å². The van der Waals surface area contributed by atoms with Gasteiger partial charge in [-0.25, -0.2) is 0 Å². The third-order valence-corrected chi connectivity index (χ3v) is 4.56. The van der Waals surface area contributed by atoms with Crippen molar-refractivity contribution in [3.05, 3.63) is 69.2 Å². The lowest BCUT2D eigenvalue weighted by molar-refractivity contribution is 0.533. The van der Waals surface area contributed by atoms with Crippen molar-refractivity contribution in [3.8, 4) is 0 Å². The Balaban J connectivity index is 1.58. The zero-order valence-corrected chi connectivity index (χ0v) is 13.4. The van der Waals surface area contributed by atoms with E-state index >= 15 is 0 Å². The van der Waals surface area contributed by atoms with Gasteiger partial charge in [0.1, 0.15) is 0 Å². The summed E-state index contributed by atoms with van der Waals surface area (Å²) < 4.78 is 1.19. The van der Waals surface area contributed by atoms with E-state index in [2.05, 4.69) is 70.6 Å². The molecule has 0 spiro atoms. The highest BCUT2D eigenvalue weighted by molar-refractivity contribution is 9.10. The van der Waals surface area contributed by atoms with Gasteiger partial charge in [-0.1, -0.05) is 51.8 Å². The zero-order valence-electron chi connectivity index (χ0n) is 11.8. The minimum Gasteiger partial charge on any atom is -0.310 e. The number of fused-ring (bicyclic) bond motifs is 1. The van der Waals surface area contributed by atoms with Gasteiger partial charge < -0.3 is 5.32 Å². The summed E-state index contributed by atoms with van der Waals surface area (Å²) in [5, 5.41) is 3.71. The van der Waals surface area contributed by atoms with Crippen LogP contribution in [0, 0.1) is 6.92 Å². The number of hydrogen-bond donors (Lipinski definition) is 1. The molecule has 0 fully saturated rings. The first kappa shape index (κ1) is 13.8. The highest BCUT2D eigenvalue weighted by Crippen LogP contribution is 2.32. The van der Waals surface area contributed by atoms with Crippen LogP contribution in [0.15, 0.2) is 46.9 Å². The number of nitrogens with one attached hydrogen (secondary N) is 1. The fraction of sp³-hybridized carbons (Fsp3) is 0.333. The highest BCUT2D eigenvalue weighted by atomic mass is 79.9. The first-order valence-corrected chi connectivity index (χ1v) is 8.09. The predicted molar refractivity (Wildman–Crippen MR) is 88.1 cm³/mol. The number of aryl methyl sites for hydroxylation is 2. The van der Waals surface area contributed by atoms with Crippen LogP contribution in [-0.4, -0.2) is 6.54 Å². The number of halogens is 1. The molecule has 1 N–H and O–H groups in total. The molecule has 1 atom stereocenters. The van der Waals surface area contributed by atoms with Crippen LogP contribution in [0.2, 0.25) is 0 Å². The molecule has 0 heterocycles. The van der Waals surface area contributed by atoms with Crippen LogP contribution in [-0.2, 0) is 12.8 Å². The summed E-state index contributed by atoms with van der Waals surface area (Å²) in [5.74, 6) is 0. The topological polar surface area (TPSA) is 12.0 Å². The minimum absolute atomic E-state index is 0.530. The predicted octanol–water partition coefficient (Wildman–Crippen LogP) is 4.58. The van der Waals surface area contributed by atoms with Gasteiger partial charge in [0, 0.05) is 10.5 Å². The maximum Gasteiger partial charge on any atom is 0.0326 e. The summed E-state index contributed by atoms with van der Waals surface area (Å²) in [6.45, 7) is 3.20. The lowest BCUT2D eigenvalue weighted by Crippen LogP contribution is -2.21. The van der Waals surface area contributed by atoms with Crippen LogP contribution in [0.3, 0.4) is 0 Å². The lowest BCUT2D eigenvalue weighted by Gasteiger charge is -2.14. The van der Waals surface area contributed by atoms with Gasteiger partial charge in [0.05, 0.1) is 0 Å². The van der Waals surface area contributed by atoms with Gasteiger partial charge in [0.25, 0.3) is 0 Å². The average molecular weight is 330 g/mol. The number of benzene rings is 2. The molecular formula is C18H20BrN. The summed E-state index contributed by atoms with van der Waals surface area (Å²) >= 11 is 3.55. The molecule has 1 aliphatic carbocycles. The number of rotatable bonds is 4. The Hall–Kier alpha value is -1.12. The Morgan fingerprint density at radius 1 is 1.20 bits per heavy atom. The summed E-state index contributed by atoms with van der Waals surface area (Å²) in [4.78, 5) is 0. The molecule has 0 aromatic heterocycles. The normalized spacial score (nSPS) is 17.2. The molecule has 0 aliphatic heterocycles. The van der Waals surface area contributed by atoms with Gasteiger partial charge >= 0.3 is 0 Å². The van der Waals surface area contributed by atoms with E-state index in [1.54, 1.807) is 0 Å². The van der Waals surface area contributed by atoms with Crippen molar-refractivity contribution < 1.29 is 0 Å². The molecule has 0 bridgehead atoms. The maximum absolute atomic E-state index is 3.71. The summed E-state index contributed by atoms with van der Waals surface area (Å²) in [6, 6.07) is 16.0. The van der Waals surface area contributed by atoms with Crippen LogP contribution in [0.1, 0.15) is 34.7 Å². The molecule has 1 nitrogen and oxygen atoms in total. The van der Waals surface area contributed by atoms with Gasteiger partial charge in [-0.3, -0.25) is 0 Å². The van der Waals surface area contributed by atoms with Crippen molar-refractivity contribution in [2.45, 2.75) is 32.2 Å². The van der Waals surface area contributed by atoms with E-state index in [0.717, 1.165) is 13.0 Å². The Kier molecular flexibility index (Phi) is 4.23. The second kappa shape index (κ2) is 6.11. The second-order valence-corrected chi connectivity index (χ2v) is 6.54. The molecule has 2 heteroatoms. The quantitative estimate of drug-likeness (QED) is 0.865. The molecule has 3 rings (SSSR count). The molecule has 2 aromatic rings. The highest BCUT2D eigenvalue weighted by Gasteiger charge is 2.21. The van der Waals surface area contributed by atoms with Crippen LogP contribution >= 0.6 is 15.9 Å². The van der Waals surface area contributed by atoms with Crippen LogP contribution in [0.25, 0.3) is 0 Å². The Bertz CT molecular complexity index is 606. The van der Waals surface area contributed by atoms with Gasteiger partial charge in [-0.2, -0.15) is 0 Å². The Labute approximate surface area is 129 Å². The molecular weight excluding hydrogens is 310 g/mol. The van der Waals surface area contributed by atoms with E-state index in [1.807, 2.05) is 0 Å². The maximum atomic E-state index is 3.71. The van der Waals surface area contributed by atoms with Gasteiger partial charge in [0.15, 0.2) is 0 Å². The van der Waals surface area contributed by atoms with E-state index in [4.69, 9.17) is 0 Å².